The van der Waals surface area contributed by atoms with Crippen LogP contribution in [0.25, 0.3) is 11.2 Å². The Morgan fingerprint density at radius 1 is 0.921 bits per heavy atom. The minimum atomic E-state index is -4.64. The fourth-order valence-electron chi connectivity index (χ4n) is 3.66. The predicted molar refractivity (Wildman–Crippen MR) is 136 cm³/mol. The van der Waals surface area contributed by atoms with Crippen LogP contribution in [0.1, 0.15) is 11.1 Å². The van der Waals surface area contributed by atoms with Gasteiger partial charge >= 0.3 is 12.2 Å². The van der Waals surface area contributed by atoms with Crippen molar-refractivity contribution in [2.75, 3.05) is 10.6 Å². The van der Waals surface area contributed by atoms with Crippen LogP contribution in [0, 0.1) is 0 Å². The van der Waals surface area contributed by atoms with Crippen molar-refractivity contribution >= 4 is 40.2 Å². The van der Waals surface area contributed by atoms with Gasteiger partial charge in [0, 0.05) is 11.4 Å². The molecule has 3 aromatic carbocycles. The lowest BCUT2D eigenvalue weighted by Gasteiger charge is -2.12. The van der Waals surface area contributed by atoms with Gasteiger partial charge in [-0.25, -0.2) is 14.8 Å². The number of nitrogens with zero attached hydrogens (tertiary/aromatic N) is 4. The van der Waals surface area contributed by atoms with E-state index in [0.29, 0.717) is 29.1 Å². The van der Waals surface area contributed by atoms with Crippen LogP contribution >= 0.6 is 11.6 Å². The highest BCUT2D eigenvalue weighted by Crippen LogP contribution is 2.36. The van der Waals surface area contributed by atoms with E-state index >= 15 is 0 Å². The van der Waals surface area contributed by atoms with Crippen molar-refractivity contribution in [3.05, 3.63) is 102 Å². The van der Waals surface area contributed by atoms with E-state index in [1.165, 1.54) is 12.4 Å². The molecule has 8 nitrogen and oxygen atoms in total. The molecule has 0 saturated carbocycles. The standard InChI is InChI=1S/C26H18ClF3N6O2/c27-21-11-8-18(12-20(21)26(28,29)30)35-25(37)34-17-6-9-19(10-7-17)38-24-22-23(31-14-32-24)36(15-33-22)13-16-4-2-1-3-5-16/h1-12,14-15H,13H2,(H2,34,35,37). The number of alkyl halides is 3. The van der Waals surface area contributed by atoms with E-state index < -0.39 is 22.8 Å². The van der Waals surface area contributed by atoms with Gasteiger partial charge in [0.2, 0.25) is 0 Å². The first-order valence-corrected chi connectivity index (χ1v) is 11.6. The van der Waals surface area contributed by atoms with Crippen molar-refractivity contribution in [3.63, 3.8) is 0 Å². The second kappa shape index (κ2) is 10.4. The van der Waals surface area contributed by atoms with Gasteiger partial charge in [-0.2, -0.15) is 18.2 Å². The summed E-state index contributed by atoms with van der Waals surface area (Å²) in [6, 6.07) is 18.6. The fraction of sp³-hybridized carbons (Fsp3) is 0.0769. The molecule has 192 valence electrons. The monoisotopic (exact) mass is 538 g/mol. The Balaban J connectivity index is 1.25. The molecule has 2 amide bonds. The summed E-state index contributed by atoms with van der Waals surface area (Å²) in [6.07, 6.45) is -1.58. The topological polar surface area (TPSA) is 94.0 Å². The van der Waals surface area contributed by atoms with Crippen LogP contribution in [0.15, 0.2) is 85.5 Å². The molecule has 12 heteroatoms. The second-order valence-corrected chi connectivity index (χ2v) is 8.51. The van der Waals surface area contributed by atoms with Crippen molar-refractivity contribution < 1.29 is 22.7 Å². The first-order valence-electron chi connectivity index (χ1n) is 11.2. The van der Waals surface area contributed by atoms with Crippen LogP contribution in [-0.2, 0) is 12.7 Å². The number of amides is 2. The van der Waals surface area contributed by atoms with Gasteiger partial charge in [0.25, 0.3) is 5.88 Å². The third-order valence-corrected chi connectivity index (χ3v) is 5.75. The van der Waals surface area contributed by atoms with Gasteiger partial charge in [-0.3, -0.25) is 0 Å². The minimum absolute atomic E-state index is 0.0568. The van der Waals surface area contributed by atoms with Gasteiger partial charge < -0.3 is 19.9 Å². The molecule has 0 aliphatic carbocycles. The molecule has 0 atom stereocenters. The molecule has 5 rings (SSSR count). The zero-order valence-electron chi connectivity index (χ0n) is 19.4. The number of benzene rings is 3. The summed E-state index contributed by atoms with van der Waals surface area (Å²) in [6.45, 7) is 0.587. The number of ether oxygens (including phenoxy) is 1. The van der Waals surface area contributed by atoms with E-state index in [1.54, 1.807) is 30.6 Å². The van der Waals surface area contributed by atoms with Crippen molar-refractivity contribution in [2.45, 2.75) is 12.7 Å². The number of hydrogen-bond donors (Lipinski definition) is 2. The SMILES string of the molecule is O=C(Nc1ccc(Oc2ncnc3c2ncn3Cc2ccccc2)cc1)Nc1ccc(Cl)c(C(F)(F)F)c1. The Kier molecular flexibility index (Phi) is 6.84. The molecule has 2 heterocycles. The number of urea groups is 1. The third-order valence-electron chi connectivity index (χ3n) is 5.42. The van der Waals surface area contributed by atoms with Gasteiger partial charge in [-0.1, -0.05) is 41.9 Å². The summed E-state index contributed by atoms with van der Waals surface area (Å²) in [5.41, 5.74) is 1.49. The van der Waals surface area contributed by atoms with Crippen LogP contribution in [0.2, 0.25) is 5.02 Å². The summed E-state index contributed by atoms with van der Waals surface area (Å²) in [5, 5.41) is 4.45. The first-order chi connectivity index (χ1) is 18.3. The van der Waals surface area contributed by atoms with Crippen molar-refractivity contribution in [1.29, 1.82) is 0 Å². The number of hydrogen-bond acceptors (Lipinski definition) is 5. The quantitative estimate of drug-likeness (QED) is 0.243. The maximum absolute atomic E-state index is 13.0. The van der Waals surface area contributed by atoms with Crippen LogP contribution < -0.4 is 15.4 Å². The maximum atomic E-state index is 13.0. The molecule has 0 spiro atoms. The van der Waals surface area contributed by atoms with Gasteiger partial charge in [0.1, 0.15) is 12.1 Å². The normalized spacial score (nSPS) is 11.4. The van der Waals surface area contributed by atoms with E-state index in [2.05, 4.69) is 25.6 Å². The highest BCUT2D eigenvalue weighted by Gasteiger charge is 2.33. The molecule has 5 aromatic rings. The number of rotatable bonds is 6. The molecule has 0 aliphatic heterocycles. The van der Waals surface area contributed by atoms with Gasteiger partial charge in [0.15, 0.2) is 11.2 Å². The number of imidazole rings is 1. The zero-order chi connectivity index (χ0) is 26.7. The van der Waals surface area contributed by atoms with Crippen molar-refractivity contribution in [3.8, 4) is 11.6 Å². The summed E-state index contributed by atoms with van der Waals surface area (Å²) in [4.78, 5) is 25.2. The lowest BCUT2D eigenvalue weighted by molar-refractivity contribution is -0.137. The van der Waals surface area contributed by atoms with Crippen LogP contribution in [0.3, 0.4) is 0 Å². The summed E-state index contributed by atoms with van der Waals surface area (Å²) in [7, 11) is 0. The Morgan fingerprint density at radius 2 is 1.63 bits per heavy atom. The highest BCUT2D eigenvalue weighted by molar-refractivity contribution is 6.31. The molecule has 0 unspecified atom stereocenters. The van der Waals surface area contributed by atoms with Gasteiger partial charge in [0.05, 0.1) is 23.5 Å². The van der Waals surface area contributed by atoms with Crippen LogP contribution in [-0.4, -0.2) is 25.6 Å². The average molecular weight is 539 g/mol. The van der Waals surface area contributed by atoms with E-state index in [0.717, 1.165) is 17.7 Å². The zero-order valence-corrected chi connectivity index (χ0v) is 20.2. The summed E-state index contributed by atoms with van der Waals surface area (Å²) in [5.74, 6) is 0.699. The van der Waals surface area contributed by atoms with Gasteiger partial charge in [-0.15, -0.1) is 0 Å². The number of carbonyl (C=O) groups excluding carboxylic acids is 1. The number of nitrogens with one attached hydrogen (secondary N) is 2. The third kappa shape index (κ3) is 5.68. The number of aromatic nitrogens is 4. The van der Waals surface area contributed by atoms with E-state index in [4.69, 9.17) is 16.3 Å². The summed E-state index contributed by atoms with van der Waals surface area (Å²) >= 11 is 5.61. The molecule has 2 aromatic heterocycles. The molecule has 0 saturated heterocycles. The molecule has 0 radical (unpaired) electrons. The number of halogens is 4. The summed E-state index contributed by atoms with van der Waals surface area (Å²) < 4.78 is 46.9. The smallest absolute Gasteiger partial charge is 0.417 e. The van der Waals surface area contributed by atoms with Crippen LogP contribution in [0.5, 0.6) is 11.6 Å². The largest absolute Gasteiger partial charge is 0.437 e. The molecular weight excluding hydrogens is 521 g/mol. The predicted octanol–water partition coefficient (Wildman–Crippen LogP) is 6.98. The number of carbonyl (C=O) groups is 1. The average Bonchev–Trinajstić information content (AvgIpc) is 3.30. The van der Waals surface area contributed by atoms with Crippen molar-refractivity contribution in [1.82, 2.24) is 19.5 Å². The number of anilines is 2. The lowest BCUT2D eigenvalue weighted by atomic mass is 10.2. The Labute approximate surface area is 219 Å². The molecular formula is C26H18ClF3N6O2. The van der Waals surface area contributed by atoms with E-state index in [9.17, 15) is 18.0 Å². The first kappa shape index (κ1) is 25.0. The molecule has 0 aliphatic rings. The fourth-order valence-corrected chi connectivity index (χ4v) is 3.89. The molecule has 2 N–H and O–H groups in total. The maximum Gasteiger partial charge on any atom is 0.417 e. The molecule has 38 heavy (non-hydrogen) atoms. The minimum Gasteiger partial charge on any atom is -0.437 e. The Morgan fingerprint density at radius 3 is 2.37 bits per heavy atom. The Hall–Kier alpha value is -4.64. The Bertz CT molecular complexity index is 1590. The second-order valence-electron chi connectivity index (χ2n) is 8.11. The highest BCUT2D eigenvalue weighted by atomic mass is 35.5. The van der Waals surface area contributed by atoms with Crippen molar-refractivity contribution in [2.24, 2.45) is 0 Å². The van der Waals surface area contributed by atoms with E-state index in [1.807, 2.05) is 34.9 Å². The van der Waals surface area contributed by atoms with Gasteiger partial charge in [-0.05, 0) is 48.0 Å². The number of fused-ring (bicyclic) bond motifs is 1. The lowest BCUT2D eigenvalue weighted by Crippen LogP contribution is -2.19. The molecule has 0 bridgehead atoms. The van der Waals surface area contributed by atoms with Crippen LogP contribution in [0.4, 0.5) is 29.3 Å². The molecule has 0 fully saturated rings. The van der Waals surface area contributed by atoms with E-state index in [-0.39, 0.29) is 11.6 Å².